The molecule has 2 aliphatic rings. The van der Waals surface area contributed by atoms with Gasteiger partial charge < -0.3 is 24.6 Å². The van der Waals surface area contributed by atoms with Crippen molar-refractivity contribution in [3.05, 3.63) is 41.7 Å². The van der Waals surface area contributed by atoms with Crippen molar-refractivity contribution < 1.29 is 18.7 Å². The first-order valence-corrected chi connectivity index (χ1v) is 16.6. The second-order valence-corrected chi connectivity index (χ2v) is 15.0. The van der Waals surface area contributed by atoms with Gasteiger partial charge in [0.1, 0.15) is 0 Å². The first-order valence-electron chi connectivity index (χ1n) is 13.7. The fourth-order valence-corrected chi connectivity index (χ4v) is 8.56. The van der Waals surface area contributed by atoms with E-state index in [0.29, 0.717) is 19.4 Å². The Labute approximate surface area is 220 Å². The molecule has 0 saturated carbocycles. The van der Waals surface area contributed by atoms with E-state index in [-0.39, 0.29) is 42.1 Å². The van der Waals surface area contributed by atoms with Gasteiger partial charge in [0.2, 0.25) is 14.3 Å². The van der Waals surface area contributed by atoms with Crippen LogP contribution in [0.2, 0.25) is 18.6 Å². The average molecular weight is 532 g/mol. The number of anilines is 1. The van der Waals surface area contributed by atoms with Gasteiger partial charge in [0.25, 0.3) is 0 Å². The predicted molar refractivity (Wildman–Crippen MR) is 145 cm³/mol. The van der Waals surface area contributed by atoms with Crippen molar-refractivity contribution in [2.24, 2.45) is 11.8 Å². The van der Waals surface area contributed by atoms with Crippen LogP contribution in [-0.4, -0.2) is 66.3 Å². The largest absolute Gasteiger partial charge is 0.396 e. The number of amides is 1. The van der Waals surface area contributed by atoms with Crippen molar-refractivity contribution in [1.82, 2.24) is 20.3 Å². The molecule has 1 aromatic heterocycles. The van der Waals surface area contributed by atoms with Gasteiger partial charge in [-0.05, 0) is 75.4 Å². The van der Waals surface area contributed by atoms with Crippen molar-refractivity contribution >= 4 is 20.0 Å². The van der Waals surface area contributed by atoms with E-state index in [2.05, 4.69) is 40.0 Å². The number of aromatic nitrogens is 3. The molecule has 0 aliphatic carbocycles. The summed E-state index contributed by atoms with van der Waals surface area (Å²) in [5, 5.41) is 23.6. The second-order valence-electron chi connectivity index (χ2n) is 11.2. The Hall–Kier alpha value is -2.14. The lowest BCUT2D eigenvalue weighted by atomic mass is 9.95. The molecule has 0 bridgehead atoms. The number of aliphatic hydroxyl groups excluding tert-OH is 1. The highest BCUT2D eigenvalue weighted by atomic mass is 28.4. The number of ether oxygens (including phenoxy) is 1. The number of carbonyl (C=O) groups excluding carboxylic acids is 1. The fourth-order valence-electron chi connectivity index (χ4n) is 5.97. The van der Waals surface area contributed by atoms with E-state index in [1.165, 1.54) is 5.56 Å². The average Bonchev–Trinajstić information content (AvgIpc) is 3.46. The highest BCUT2D eigenvalue weighted by Gasteiger charge is 2.50. The van der Waals surface area contributed by atoms with Gasteiger partial charge >= 0.3 is 0 Å². The molecule has 3 N–H and O–H groups in total. The SMILES string of the molecule is C[C@@H]1[C@@H]([Si](C)(C)F)[C@H](CCn2cc(CCO)nn2)O[C@@H]1CCc1ccc(NC(=O)C2CCCNC2)cc1. The molecule has 2 fully saturated rings. The number of halogens is 1. The van der Waals surface area contributed by atoms with Gasteiger partial charge in [0.05, 0.1) is 23.8 Å². The zero-order valence-corrected chi connectivity index (χ0v) is 23.3. The Morgan fingerprint density at radius 1 is 1.24 bits per heavy atom. The minimum Gasteiger partial charge on any atom is -0.396 e. The van der Waals surface area contributed by atoms with E-state index in [1.54, 1.807) is 17.8 Å². The number of nitrogens with one attached hydrogen (secondary N) is 2. The summed E-state index contributed by atoms with van der Waals surface area (Å²) in [5.74, 6) is 0.268. The topological polar surface area (TPSA) is 101 Å². The summed E-state index contributed by atoms with van der Waals surface area (Å²) in [6.07, 6.45) is 6.54. The van der Waals surface area contributed by atoms with Crippen LogP contribution in [0.3, 0.4) is 0 Å². The molecule has 37 heavy (non-hydrogen) atoms. The zero-order valence-electron chi connectivity index (χ0n) is 22.3. The van der Waals surface area contributed by atoms with Gasteiger partial charge in [-0.3, -0.25) is 9.48 Å². The van der Waals surface area contributed by atoms with E-state index in [9.17, 15) is 4.79 Å². The van der Waals surface area contributed by atoms with E-state index in [0.717, 1.165) is 50.2 Å². The Kier molecular flexibility index (Phi) is 9.50. The van der Waals surface area contributed by atoms with E-state index in [4.69, 9.17) is 9.84 Å². The molecule has 1 amide bonds. The Morgan fingerprint density at radius 2 is 2.03 bits per heavy atom. The number of carbonyl (C=O) groups is 1. The van der Waals surface area contributed by atoms with Crippen LogP contribution in [0.1, 0.15) is 43.9 Å². The lowest BCUT2D eigenvalue weighted by Crippen LogP contribution is -2.37. The Morgan fingerprint density at radius 3 is 2.70 bits per heavy atom. The number of benzene rings is 1. The van der Waals surface area contributed by atoms with Crippen molar-refractivity contribution in [3.63, 3.8) is 0 Å². The Balaban J connectivity index is 1.30. The summed E-state index contributed by atoms with van der Waals surface area (Å²) in [7, 11) is -2.93. The fraction of sp³-hybridized carbons (Fsp3) is 0.667. The first-order chi connectivity index (χ1) is 17.7. The lowest BCUT2D eigenvalue weighted by molar-refractivity contribution is -0.120. The monoisotopic (exact) mass is 531 g/mol. The van der Waals surface area contributed by atoms with E-state index in [1.807, 2.05) is 18.3 Å². The van der Waals surface area contributed by atoms with Gasteiger partial charge in [-0.15, -0.1) is 5.10 Å². The number of aliphatic hydroxyl groups is 1. The number of rotatable bonds is 11. The van der Waals surface area contributed by atoms with Crippen molar-refractivity contribution in [2.45, 2.75) is 82.8 Å². The molecular formula is C27H42FN5O3Si. The third-order valence-electron chi connectivity index (χ3n) is 7.90. The van der Waals surface area contributed by atoms with Crippen LogP contribution in [0.5, 0.6) is 0 Å². The van der Waals surface area contributed by atoms with Crippen molar-refractivity contribution in [2.75, 3.05) is 25.0 Å². The third-order valence-corrected chi connectivity index (χ3v) is 10.4. The van der Waals surface area contributed by atoms with Gasteiger partial charge in [-0.2, -0.15) is 0 Å². The molecule has 3 heterocycles. The van der Waals surface area contributed by atoms with Crippen LogP contribution in [-0.2, 0) is 28.9 Å². The first kappa shape index (κ1) is 27.9. The highest BCUT2D eigenvalue weighted by Crippen LogP contribution is 2.47. The van der Waals surface area contributed by atoms with Crippen LogP contribution < -0.4 is 10.6 Å². The van der Waals surface area contributed by atoms with Crippen LogP contribution in [0.15, 0.2) is 30.5 Å². The van der Waals surface area contributed by atoms with E-state index >= 15 is 4.11 Å². The van der Waals surface area contributed by atoms with Crippen LogP contribution in [0.25, 0.3) is 0 Å². The maximum atomic E-state index is 15.4. The maximum absolute atomic E-state index is 15.4. The van der Waals surface area contributed by atoms with Gasteiger partial charge in [-0.1, -0.05) is 24.3 Å². The second kappa shape index (κ2) is 12.6. The summed E-state index contributed by atoms with van der Waals surface area (Å²) in [4.78, 5) is 12.5. The normalized spacial score (nSPS) is 26.4. The summed E-state index contributed by atoms with van der Waals surface area (Å²) < 4.78 is 23.7. The molecule has 2 saturated heterocycles. The van der Waals surface area contributed by atoms with Gasteiger partial charge in [-0.25, -0.2) is 0 Å². The number of nitrogens with zero attached hydrogens (tertiary/aromatic N) is 3. The van der Waals surface area contributed by atoms with Gasteiger partial charge in [0, 0.05) is 43.5 Å². The van der Waals surface area contributed by atoms with Crippen LogP contribution in [0, 0.1) is 11.8 Å². The summed E-state index contributed by atoms with van der Waals surface area (Å²) in [6.45, 7) is 8.11. The van der Waals surface area contributed by atoms with Crippen molar-refractivity contribution in [1.29, 1.82) is 0 Å². The molecule has 2 aliphatic heterocycles. The molecule has 1 aromatic carbocycles. The lowest BCUT2D eigenvalue weighted by Gasteiger charge is -2.28. The molecule has 0 spiro atoms. The quantitative estimate of drug-likeness (QED) is 0.302. The molecular weight excluding hydrogens is 489 g/mol. The highest BCUT2D eigenvalue weighted by molar-refractivity contribution is 6.72. The molecule has 1 unspecified atom stereocenters. The molecule has 0 radical (unpaired) electrons. The summed E-state index contributed by atoms with van der Waals surface area (Å²) >= 11 is 0. The number of hydrogen-bond donors (Lipinski definition) is 3. The predicted octanol–water partition coefficient (Wildman–Crippen LogP) is 3.72. The smallest absolute Gasteiger partial charge is 0.246 e. The molecule has 4 rings (SSSR count). The molecule has 5 atom stereocenters. The molecule has 204 valence electrons. The molecule has 2 aromatic rings. The minimum atomic E-state index is -2.93. The summed E-state index contributed by atoms with van der Waals surface area (Å²) in [6, 6.07) is 8.06. The van der Waals surface area contributed by atoms with Crippen LogP contribution in [0.4, 0.5) is 9.80 Å². The molecule has 8 nitrogen and oxygen atoms in total. The third kappa shape index (κ3) is 7.46. The standard InChI is InChI=1S/C27H42FN5O3Si/c1-19-24(11-8-20-6-9-22(10-7-20)30-27(35)21-5-4-14-29-17-21)36-25(26(19)37(2,3)28)12-15-33-18-23(13-16-34)31-32-33/h6-7,9-10,18-19,21,24-26,29,34H,4-5,8,11-17H2,1-3H3,(H,30,35)/t19-,21?,24+,25-,26+/m0/s1. The van der Waals surface area contributed by atoms with E-state index < -0.39 is 8.41 Å². The van der Waals surface area contributed by atoms with Crippen LogP contribution >= 0.6 is 0 Å². The van der Waals surface area contributed by atoms with Gasteiger partial charge in [0.15, 0.2) is 0 Å². The number of hydrogen-bond acceptors (Lipinski definition) is 6. The van der Waals surface area contributed by atoms with Crippen molar-refractivity contribution in [3.8, 4) is 0 Å². The Bertz CT molecular complexity index is 1010. The zero-order chi connectivity index (χ0) is 26.4. The number of piperidine rings is 1. The number of aryl methyl sites for hydroxylation is 2. The minimum absolute atomic E-state index is 0.0106. The maximum Gasteiger partial charge on any atom is 0.246 e. The summed E-state index contributed by atoms with van der Waals surface area (Å²) in [5.41, 5.74) is 2.70. The molecule has 10 heteroatoms.